The second-order valence-corrected chi connectivity index (χ2v) is 14.3. The number of hydrogen-bond acceptors (Lipinski definition) is 2. The maximum absolute atomic E-state index is 6.33. The van der Waals surface area contributed by atoms with E-state index in [1.54, 1.807) is 0 Å². The van der Waals surface area contributed by atoms with Crippen LogP contribution in [-0.2, 0) is 16.2 Å². The molecule has 200 valence electrons. The minimum absolute atomic E-state index is 0.0244. The van der Waals surface area contributed by atoms with E-state index in [-0.39, 0.29) is 16.2 Å². The predicted molar refractivity (Wildman–Crippen MR) is 167 cm³/mol. The Bertz CT molecular complexity index is 1740. The second-order valence-electron chi connectivity index (χ2n) is 13.4. The first-order valence-corrected chi connectivity index (χ1v) is 14.7. The lowest BCUT2D eigenvalue weighted by atomic mass is 9.63. The molecule has 0 amide bonds. The first kappa shape index (κ1) is 26.1. The van der Waals surface area contributed by atoms with Crippen LogP contribution in [0.1, 0.15) is 78.0 Å². The number of halogens is 1. The molecule has 0 aliphatic heterocycles. The van der Waals surface area contributed by atoms with Crippen LogP contribution in [0.25, 0.3) is 27.6 Å². The second kappa shape index (κ2) is 8.96. The fraction of sp³-hybridized carbons (Fsp3) is 0.343. The summed E-state index contributed by atoms with van der Waals surface area (Å²) in [6, 6.07) is 23.7. The Labute approximate surface area is 240 Å². The van der Waals surface area contributed by atoms with Gasteiger partial charge in [-0.05, 0) is 100 Å². The summed E-state index contributed by atoms with van der Waals surface area (Å²) in [6.45, 7) is 16.3. The van der Waals surface area contributed by atoms with E-state index in [0.29, 0.717) is 0 Å². The lowest BCUT2D eigenvalue weighted by molar-refractivity contribution is 0.332. The first-order valence-electron chi connectivity index (χ1n) is 13.9. The van der Waals surface area contributed by atoms with E-state index < -0.39 is 0 Å². The number of benzene rings is 3. The highest BCUT2D eigenvalue weighted by molar-refractivity contribution is 9.10. The zero-order chi connectivity index (χ0) is 27.7. The molecule has 1 aliphatic carbocycles. The van der Waals surface area contributed by atoms with Gasteiger partial charge in [0.25, 0.3) is 0 Å². The van der Waals surface area contributed by atoms with Crippen molar-refractivity contribution in [3.8, 4) is 17.3 Å². The van der Waals surface area contributed by atoms with Crippen LogP contribution < -0.4 is 4.74 Å². The van der Waals surface area contributed by atoms with Crippen LogP contribution in [0.2, 0.25) is 0 Å². The third-order valence-corrected chi connectivity index (χ3v) is 9.08. The Morgan fingerprint density at radius 1 is 0.769 bits per heavy atom. The maximum Gasteiger partial charge on any atom is 0.137 e. The van der Waals surface area contributed by atoms with Gasteiger partial charge in [-0.15, -0.1) is 0 Å². The van der Waals surface area contributed by atoms with Crippen molar-refractivity contribution in [2.45, 2.75) is 77.6 Å². The van der Waals surface area contributed by atoms with Gasteiger partial charge in [0, 0.05) is 27.5 Å². The highest BCUT2D eigenvalue weighted by Gasteiger charge is 2.38. The number of pyridine rings is 1. The van der Waals surface area contributed by atoms with Crippen molar-refractivity contribution >= 4 is 37.7 Å². The van der Waals surface area contributed by atoms with Gasteiger partial charge in [0.05, 0.1) is 11.0 Å². The van der Waals surface area contributed by atoms with E-state index in [1.165, 1.54) is 45.8 Å². The molecular weight excluding hydrogens is 544 g/mol. The average Bonchev–Trinajstić information content (AvgIpc) is 3.18. The molecule has 0 spiro atoms. The van der Waals surface area contributed by atoms with Gasteiger partial charge in [-0.3, -0.25) is 4.57 Å². The molecule has 5 aromatic rings. The Kier molecular flexibility index (Phi) is 6.00. The van der Waals surface area contributed by atoms with E-state index in [4.69, 9.17) is 9.72 Å². The lowest BCUT2D eigenvalue weighted by Crippen LogP contribution is -2.33. The number of aromatic nitrogens is 2. The number of rotatable bonds is 3. The van der Waals surface area contributed by atoms with Crippen molar-refractivity contribution in [3.05, 3.63) is 94.1 Å². The molecule has 4 heteroatoms. The first-order chi connectivity index (χ1) is 18.3. The smallest absolute Gasteiger partial charge is 0.137 e. The minimum Gasteiger partial charge on any atom is -0.457 e. The number of fused-ring (bicyclic) bond motifs is 4. The highest BCUT2D eigenvalue weighted by Crippen LogP contribution is 2.48. The van der Waals surface area contributed by atoms with Crippen LogP contribution in [-0.4, -0.2) is 9.55 Å². The number of ether oxygens (including phenoxy) is 1. The fourth-order valence-electron chi connectivity index (χ4n) is 6.04. The van der Waals surface area contributed by atoms with Gasteiger partial charge in [-0.2, -0.15) is 0 Å². The van der Waals surface area contributed by atoms with Gasteiger partial charge in [-0.25, -0.2) is 4.98 Å². The van der Waals surface area contributed by atoms with Crippen LogP contribution in [0.3, 0.4) is 0 Å². The molecular formula is C35H37BrN2O. The summed E-state index contributed by atoms with van der Waals surface area (Å²) in [7, 11) is 0. The van der Waals surface area contributed by atoms with Crippen LogP contribution in [0.15, 0.2) is 77.4 Å². The standard InChI is InChI=1S/C35H37BrN2O/c1-33(2,3)22-13-16-37-32(17-22)38-30-19-25(39-24-10-8-9-23(36)18-24)11-12-26(30)27-20-28-29(21-31(27)38)35(6,7)15-14-34(28,4)5/h8-13,16-21H,14-15H2,1-7H3. The molecule has 1 aliphatic rings. The SMILES string of the molecule is CC(C)(C)c1ccnc(-n2c3cc(Oc4cccc(Br)c4)ccc3c3cc4c(cc32)C(C)(C)CCC4(C)C)c1. The van der Waals surface area contributed by atoms with Crippen LogP contribution in [0, 0.1) is 0 Å². The van der Waals surface area contributed by atoms with Gasteiger partial charge >= 0.3 is 0 Å². The van der Waals surface area contributed by atoms with Crippen molar-refractivity contribution in [3.63, 3.8) is 0 Å². The summed E-state index contributed by atoms with van der Waals surface area (Å²) < 4.78 is 9.67. The summed E-state index contributed by atoms with van der Waals surface area (Å²) in [5, 5.41) is 2.49. The minimum atomic E-state index is 0.0244. The van der Waals surface area contributed by atoms with Gasteiger partial charge in [0.15, 0.2) is 0 Å². The fourth-order valence-corrected chi connectivity index (χ4v) is 6.42. The summed E-state index contributed by atoms with van der Waals surface area (Å²) in [6.07, 6.45) is 4.32. The molecule has 3 nitrogen and oxygen atoms in total. The maximum atomic E-state index is 6.33. The number of hydrogen-bond donors (Lipinski definition) is 0. The molecule has 0 bridgehead atoms. The van der Waals surface area contributed by atoms with E-state index in [1.807, 2.05) is 30.5 Å². The topological polar surface area (TPSA) is 27.1 Å². The van der Waals surface area contributed by atoms with E-state index in [0.717, 1.165) is 27.3 Å². The monoisotopic (exact) mass is 580 g/mol. The van der Waals surface area contributed by atoms with Crippen LogP contribution >= 0.6 is 15.9 Å². The molecule has 0 radical (unpaired) electrons. The van der Waals surface area contributed by atoms with Gasteiger partial charge in [0.2, 0.25) is 0 Å². The van der Waals surface area contributed by atoms with Crippen molar-refractivity contribution in [2.24, 2.45) is 0 Å². The van der Waals surface area contributed by atoms with Gasteiger partial charge in [-0.1, -0.05) is 70.5 Å². The zero-order valence-electron chi connectivity index (χ0n) is 24.0. The zero-order valence-corrected chi connectivity index (χ0v) is 25.6. The molecule has 0 saturated carbocycles. The van der Waals surface area contributed by atoms with Crippen LogP contribution in [0.5, 0.6) is 11.5 Å². The lowest BCUT2D eigenvalue weighted by Gasteiger charge is -2.42. The quantitative estimate of drug-likeness (QED) is 0.212. The summed E-state index contributed by atoms with van der Waals surface area (Å²) in [5.41, 5.74) is 6.78. The Morgan fingerprint density at radius 2 is 1.44 bits per heavy atom. The Morgan fingerprint density at radius 3 is 2.13 bits per heavy atom. The van der Waals surface area contributed by atoms with Gasteiger partial charge in [0.1, 0.15) is 17.3 Å². The molecule has 0 N–H and O–H groups in total. The molecule has 6 rings (SSSR count). The van der Waals surface area contributed by atoms with Gasteiger partial charge < -0.3 is 4.74 Å². The third-order valence-electron chi connectivity index (χ3n) is 8.58. The van der Waals surface area contributed by atoms with Crippen molar-refractivity contribution in [1.82, 2.24) is 9.55 Å². The summed E-state index contributed by atoms with van der Waals surface area (Å²) >= 11 is 3.56. The molecule has 0 unspecified atom stereocenters. The van der Waals surface area contributed by atoms with E-state index >= 15 is 0 Å². The third kappa shape index (κ3) is 4.57. The largest absolute Gasteiger partial charge is 0.457 e. The number of nitrogens with zero attached hydrogens (tertiary/aromatic N) is 2. The summed E-state index contributed by atoms with van der Waals surface area (Å²) in [4.78, 5) is 4.91. The highest BCUT2D eigenvalue weighted by atomic mass is 79.9. The molecule has 2 heterocycles. The molecule has 0 fully saturated rings. The Hall–Kier alpha value is -3.11. The van der Waals surface area contributed by atoms with Crippen molar-refractivity contribution in [1.29, 1.82) is 0 Å². The van der Waals surface area contributed by atoms with Crippen molar-refractivity contribution in [2.75, 3.05) is 0 Å². The molecule has 3 aromatic carbocycles. The van der Waals surface area contributed by atoms with Crippen molar-refractivity contribution < 1.29 is 4.74 Å². The molecule has 39 heavy (non-hydrogen) atoms. The van der Waals surface area contributed by atoms with E-state index in [2.05, 4.69) is 111 Å². The average molecular weight is 582 g/mol. The summed E-state index contributed by atoms with van der Waals surface area (Å²) in [5.74, 6) is 2.55. The van der Waals surface area contributed by atoms with Crippen LogP contribution in [0.4, 0.5) is 0 Å². The van der Waals surface area contributed by atoms with E-state index in [9.17, 15) is 0 Å². The molecule has 0 atom stereocenters. The molecule has 0 saturated heterocycles. The Balaban J connectivity index is 1.66. The normalized spacial score (nSPS) is 16.4. The molecule has 2 aromatic heterocycles. The predicted octanol–water partition coefficient (Wildman–Crippen LogP) is 10.4.